The van der Waals surface area contributed by atoms with Crippen LogP contribution in [0.5, 0.6) is 5.75 Å². The van der Waals surface area contributed by atoms with Gasteiger partial charge in [0.2, 0.25) is 0 Å². The second-order valence-electron chi connectivity index (χ2n) is 6.20. The van der Waals surface area contributed by atoms with Crippen LogP contribution >= 0.6 is 0 Å². The van der Waals surface area contributed by atoms with Gasteiger partial charge in [0.15, 0.2) is 5.75 Å². The first kappa shape index (κ1) is 30.5. The number of alkyl halides is 16. The minimum absolute atomic E-state index is 0.381. The van der Waals surface area contributed by atoms with E-state index in [2.05, 4.69) is 9.47 Å². The van der Waals surface area contributed by atoms with E-state index < -0.39 is 65.9 Å². The molecule has 0 aromatic heterocycles. The molecule has 5 nitrogen and oxygen atoms in total. The standard InChI is InChI=1S/C14H8F16N2O3/c15-7(8(16,17)33-6-3-4(31)1-2-5(6)32)34-14(29,30)10(20,12(24,25)26)35-13(27,28)9(18,19)11(21,22)23/h1-3,7H,31-32H2. The van der Waals surface area contributed by atoms with Gasteiger partial charge >= 0.3 is 48.8 Å². The van der Waals surface area contributed by atoms with Crippen LogP contribution in [0.2, 0.25) is 0 Å². The summed E-state index contributed by atoms with van der Waals surface area (Å²) in [5, 5.41) is 0. The summed E-state index contributed by atoms with van der Waals surface area (Å²) >= 11 is 0. The maximum atomic E-state index is 13.9. The first-order valence-corrected chi connectivity index (χ1v) is 7.91. The highest BCUT2D eigenvalue weighted by Crippen LogP contribution is 2.55. The molecule has 2 unspecified atom stereocenters. The highest BCUT2D eigenvalue weighted by atomic mass is 19.4. The van der Waals surface area contributed by atoms with Crippen molar-refractivity contribution in [1.82, 2.24) is 0 Å². The Kier molecular flexibility index (Phi) is 7.67. The molecule has 0 bridgehead atoms. The molecule has 0 radical (unpaired) electrons. The SMILES string of the molecule is Nc1ccc(N)c(OC(F)(F)C(F)OC(F)(F)C(F)(OC(F)(F)C(F)(F)C(F)(F)F)C(F)(F)F)c1. The number of nitrogens with two attached hydrogens (primary N) is 2. The summed E-state index contributed by atoms with van der Waals surface area (Å²) in [5.41, 5.74) is 8.94. The van der Waals surface area contributed by atoms with Crippen molar-refractivity contribution in [3.63, 3.8) is 0 Å². The summed E-state index contributed by atoms with van der Waals surface area (Å²) < 4.78 is 215. The smallest absolute Gasteiger partial charge is 0.426 e. The molecule has 0 aliphatic heterocycles. The largest absolute Gasteiger partial charge is 0.462 e. The average molecular weight is 556 g/mol. The topological polar surface area (TPSA) is 79.7 Å². The van der Waals surface area contributed by atoms with E-state index in [-0.39, 0.29) is 0 Å². The van der Waals surface area contributed by atoms with Gasteiger partial charge in [-0.1, -0.05) is 0 Å². The van der Waals surface area contributed by atoms with Crippen molar-refractivity contribution in [3.05, 3.63) is 18.2 Å². The second kappa shape index (κ2) is 8.82. The predicted octanol–water partition coefficient (Wildman–Crippen LogP) is 5.76. The van der Waals surface area contributed by atoms with Crippen LogP contribution in [0.3, 0.4) is 0 Å². The summed E-state index contributed by atoms with van der Waals surface area (Å²) in [6, 6.07) is 2.01. The minimum Gasteiger partial charge on any atom is -0.426 e. The Hall–Kier alpha value is -2.58. The average Bonchev–Trinajstić information content (AvgIpc) is 2.61. The normalized spacial score (nSPS) is 17.1. The molecule has 1 aromatic carbocycles. The molecule has 0 aliphatic carbocycles. The van der Waals surface area contributed by atoms with E-state index >= 15 is 0 Å². The molecule has 0 saturated carbocycles. The van der Waals surface area contributed by atoms with Gasteiger partial charge in [-0.25, -0.2) is 4.39 Å². The summed E-state index contributed by atoms with van der Waals surface area (Å²) in [6.07, 6.45) is -41.6. The fourth-order valence-corrected chi connectivity index (χ4v) is 1.79. The molecule has 35 heavy (non-hydrogen) atoms. The first-order valence-electron chi connectivity index (χ1n) is 7.91. The number of benzene rings is 1. The zero-order valence-corrected chi connectivity index (χ0v) is 15.7. The van der Waals surface area contributed by atoms with Gasteiger partial charge in [-0.05, 0) is 12.1 Å². The van der Waals surface area contributed by atoms with Crippen LogP contribution in [0.1, 0.15) is 0 Å². The Morgan fingerprint density at radius 2 is 1.17 bits per heavy atom. The molecule has 1 aromatic rings. The van der Waals surface area contributed by atoms with Gasteiger partial charge in [0.1, 0.15) is 0 Å². The number of anilines is 2. The molecule has 4 N–H and O–H groups in total. The van der Waals surface area contributed by atoms with Crippen LogP contribution in [0.15, 0.2) is 18.2 Å². The maximum Gasteiger partial charge on any atom is 0.462 e. The van der Waals surface area contributed by atoms with Crippen LogP contribution in [0.25, 0.3) is 0 Å². The molecule has 0 saturated heterocycles. The van der Waals surface area contributed by atoms with Crippen LogP contribution < -0.4 is 16.2 Å². The van der Waals surface area contributed by atoms with Crippen LogP contribution in [0, 0.1) is 0 Å². The molecule has 0 spiro atoms. The van der Waals surface area contributed by atoms with E-state index in [1.165, 1.54) is 4.74 Å². The lowest BCUT2D eigenvalue weighted by molar-refractivity contribution is -0.543. The summed E-state index contributed by atoms with van der Waals surface area (Å²) in [5.74, 6) is -16.9. The fraction of sp³-hybridized carbons (Fsp3) is 0.571. The van der Waals surface area contributed by atoms with Crippen molar-refractivity contribution in [3.8, 4) is 5.75 Å². The zero-order valence-electron chi connectivity index (χ0n) is 15.7. The van der Waals surface area contributed by atoms with E-state index in [0.29, 0.717) is 12.1 Å². The zero-order chi connectivity index (χ0) is 28.1. The molecular weight excluding hydrogens is 548 g/mol. The lowest BCUT2D eigenvalue weighted by Crippen LogP contribution is -2.66. The highest BCUT2D eigenvalue weighted by Gasteiger charge is 2.84. The van der Waals surface area contributed by atoms with Crippen LogP contribution in [-0.4, -0.2) is 48.8 Å². The lowest BCUT2D eigenvalue weighted by Gasteiger charge is -2.38. The molecule has 21 heteroatoms. The molecule has 0 amide bonds. The lowest BCUT2D eigenvalue weighted by atomic mass is 10.2. The quantitative estimate of drug-likeness (QED) is 0.299. The van der Waals surface area contributed by atoms with Crippen molar-refractivity contribution in [2.45, 2.75) is 48.8 Å². The van der Waals surface area contributed by atoms with E-state index in [1.807, 2.05) is 0 Å². The van der Waals surface area contributed by atoms with E-state index in [1.54, 1.807) is 0 Å². The van der Waals surface area contributed by atoms with Gasteiger partial charge in [0.05, 0.1) is 5.69 Å². The van der Waals surface area contributed by atoms with E-state index in [0.717, 1.165) is 6.07 Å². The van der Waals surface area contributed by atoms with Crippen molar-refractivity contribution < 1.29 is 84.5 Å². The van der Waals surface area contributed by atoms with Crippen LogP contribution in [-0.2, 0) is 9.47 Å². The monoisotopic (exact) mass is 556 g/mol. The number of nitrogen functional groups attached to an aromatic ring is 2. The Labute approximate surface area is 181 Å². The summed E-state index contributed by atoms with van der Waals surface area (Å²) in [6.45, 7) is 0. The van der Waals surface area contributed by atoms with Crippen molar-refractivity contribution in [1.29, 1.82) is 0 Å². The third-order valence-corrected chi connectivity index (χ3v) is 3.53. The Morgan fingerprint density at radius 1 is 0.686 bits per heavy atom. The van der Waals surface area contributed by atoms with Crippen molar-refractivity contribution in [2.24, 2.45) is 0 Å². The summed E-state index contributed by atoms with van der Waals surface area (Å²) in [7, 11) is 0. The minimum atomic E-state index is -7.77. The Morgan fingerprint density at radius 3 is 1.60 bits per heavy atom. The van der Waals surface area contributed by atoms with Crippen molar-refractivity contribution >= 4 is 11.4 Å². The Bertz CT molecular complexity index is 902. The van der Waals surface area contributed by atoms with Gasteiger partial charge in [0.25, 0.3) is 0 Å². The second-order valence-corrected chi connectivity index (χ2v) is 6.20. The molecule has 204 valence electrons. The molecule has 0 fully saturated rings. The molecule has 0 aliphatic rings. The van der Waals surface area contributed by atoms with Gasteiger partial charge in [-0.2, -0.15) is 65.9 Å². The predicted molar refractivity (Wildman–Crippen MR) is 78.7 cm³/mol. The number of hydrogen-bond acceptors (Lipinski definition) is 5. The Balaban J connectivity index is 3.37. The number of ether oxygens (including phenoxy) is 3. The number of halogens is 16. The van der Waals surface area contributed by atoms with Gasteiger partial charge in [-0.3, -0.25) is 9.47 Å². The first-order chi connectivity index (χ1) is 15.2. The van der Waals surface area contributed by atoms with Gasteiger partial charge < -0.3 is 16.2 Å². The third-order valence-electron chi connectivity index (χ3n) is 3.53. The molecule has 0 heterocycles. The van der Waals surface area contributed by atoms with E-state index in [4.69, 9.17) is 11.5 Å². The molecule has 2 atom stereocenters. The van der Waals surface area contributed by atoms with Gasteiger partial charge in [-0.15, -0.1) is 0 Å². The van der Waals surface area contributed by atoms with E-state index in [9.17, 15) is 70.2 Å². The maximum absolute atomic E-state index is 13.9. The van der Waals surface area contributed by atoms with Crippen LogP contribution in [0.4, 0.5) is 81.6 Å². The highest BCUT2D eigenvalue weighted by molar-refractivity contribution is 5.59. The molecular formula is C14H8F16N2O3. The number of rotatable bonds is 9. The summed E-state index contributed by atoms with van der Waals surface area (Å²) in [4.78, 5) is 0. The van der Waals surface area contributed by atoms with Crippen molar-refractivity contribution in [2.75, 3.05) is 11.5 Å². The fourth-order valence-electron chi connectivity index (χ4n) is 1.79. The third kappa shape index (κ3) is 5.81. The van der Waals surface area contributed by atoms with Gasteiger partial charge in [0, 0.05) is 11.8 Å². The number of hydrogen-bond donors (Lipinski definition) is 2. The molecule has 1 rings (SSSR count).